The topological polar surface area (TPSA) is 129 Å². The van der Waals surface area contributed by atoms with Crippen LogP contribution in [0.4, 0.5) is 22.1 Å². The summed E-state index contributed by atoms with van der Waals surface area (Å²) in [5, 5.41) is 14.6. The number of imidazole rings is 1. The monoisotopic (exact) mass is 341 g/mol. The zero-order valence-corrected chi connectivity index (χ0v) is 13.2. The van der Waals surface area contributed by atoms with E-state index >= 15 is 0 Å². The first-order chi connectivity index (χ1) is 12.0. The van der Waals surface area contributed by atoms with Crippen LogP contribution in [0.5, 0.6) is 0 Å². The van der Waals surface area contributed by atoms with Gasteiger partial charge in [-0.25, -0.2) is 19.6 Å². The van der Waals surface area contributed by atoms with Gasteiger partial charge in [0.15, 0.2) is 5.65 Å². The van der Waals surface area contributed by atoms with Gasteiger partial charge in [-0.1, -0.05) is 6.07 Å². The van der Waals surface area contributed by atoms with Gasteiger partial charge in [0.25, 0.3) is 0 Å². The van der Waals surface area contributed by atoms with Crippen LogP contribution in [0.25, 0.3) is 11.2 Å². The molecule has 128 valence electrons. The van der Waals surface area contributed by atoms with E-state index in [1.54, 1.807) is 31.3 Å². The van der Waals surface area contributed by atoms with E-state index in [4.69, 9.17) is 9.84 Å². The van der Waals surface area contributed by atoms with Gasteiger partial charge in [-0.05, 0) is 31.2 Å². The fourth-order valence-corrected chi connectivity index (χ4v) is 2.18. The molecule has 9 nitrogen and oxygen atoms in total. The predicted octanol–water partition coefficient (Wildman–Crippen LogP) is 2.97. The summed E-state index contributed by atoms with van der Waals surface area (Å²) in [6, 6.07) is 8.14. The number of hydrogen-bond donors (Lipinski definition) is 4. The molecule has 0 aliphatic carbocycles. The molecule has 1 aromatic carbocycles. The first kappa shape index (κ1) is 16.2. The maximum atomic E-state index is 11.4. The highest BCUT2D eigenvalue weighted by atomic mass is 16.5. The molecule has 0 unspecified atom stereocenters. The molecule has 0 aliphatic heterocycles. The predicted molar refractivity (Wildman–Crippen MR) is 91.2 cm³/mol. The highest BCUT2D eigenvalue weighted by molar-refractivity contribution is 5.89. The number of ether oxygens (including phenoxy) is 1. The van der Waals surface area contributed by atoms with E-state index in [1.165, 1.54) is 12.1 Å². The Morgan fingerprint density at radius 2 is 2.12 bits per heavy atom. The number of rotatable bonds is 5. The minimum absolute atomic E-state index is 0.180. The molecular weight excluding hydrogens is 326 g/mol. The van der Waals surface area contributed by atoms with E-state index in [2.05, 4.69) is 25.6 Å². The Morgan fingerprint density at radius 3 is 2.88 bits per heavy atom. The molecule has 0 bridgehead atoms. The van der Waals surface area contributed by atoms with E-state index in [0.29, 0.717) is 22.5 Å². The SMILES string of the molecule is CCOC(=O)Nc1nc2cc(Nc3cccc(C(=O)O)c3)cnc2[nH]1. The summed E-state index contributed by atoms with van der Waals surface area (Å²) < 4.78 is 4.78. The van der Waals surface area contributed by atoms with Gasteiger partial charge in [0, 0.05) is 5.69 Å². The fraction of sp³-hybridized carbons (Fsp3) is 0.125. The molecular formula is C16H15N5O4. The highest BCUT2D eigenvalue weighted by Crippen LogP contribution is 2.21. The highest BCUT2D eigenvalue weighted by Gasteiger charge is 2.09. The van der Waals surface area contributed by atoms with Crippen LogP contribution in [-0.2, 0) is 4.74 Å². The van der Waals surface area contributed by atoms with Crippen molar-refractivity contribution in [2.45, 2.75) is 6.92 Å². The van der Waals surface area contributed by atoms with Crippen molar-refractivity contribution in [3.8, 4) is 0 Å². The number of H-pyrrole nitrogens is 1. The van der Waals surface area contributed by atoms with E-state index in [0.717, 1.165) is 0 Å². The van der Waals surface area contributed by atoms with Crippen LogP contribution in [0, 0.1) is 0 Å². The lowest BCUT2D eigenvalue weighted by Gasteiger charge is -2.06. The minimum Gasteiger partial charge on any atom is -0.478 e. The summed E-state index contributed by atoms with van der Waals surface area (Å²) in [6.45, 7) is 1.96. The normalized spacial score (nSPS) is 10.4. The van der Waals surface area contributed by atoms with Crippen molar-refractivity contribution < 1.29 is 19.4 Å². The number of carboxylic acids is 1. The Labute approximate surface area is 142 Å². The lowest BCUT2D eigenvalue weighted by Crippen LogP contribution is -2.14. The fourth-order valence-electron chi connectivity index (χ4n) is 2.18. The standard InChI is InChI=1S/C16H15N5O4/c1-2-25-16(24)21-15-19-12-7-11(8-17-13(12)20-15)18-10-5-3-4-9(6-10)14(22)23/h3-8,18H,2H2,1H3,(H,22,23)(H2,17,19,20,21,24). The third-order valence-corrected chi connectivity index (χ3v) is 3.23. The number of nitrogens with zero attached hydrogens (tertiary/aromatic N) is 2. The Kier molecular flexibility index (Phi) is 4.46. The van der Waals surface area contributed by atoms with Crippen molar-refractivity contribution in [2.24, 2.45) is 0 Å². The van der Waals surface area contributed by atoms with Crippen LogP contribution >= 0.6 is 0 Å². The number of pyridine rings is 1. The van der Waals surface area contributed by atoms with Crippen LogP contribution < -0.4 is 10.6 Å². The van der Waals surface area contributed by atoms with Crippen LogP contribution in [0.2, 0.25) is 0 Å². The molecule has 4 N–H and O–H groups in total. The Balaban J connectivity index is 1.80. The smallest absolute Gasteiger partial charge is 0.413 e. The first-order valence-electron chi connectivity index (χ1n) is 7.45. The average Bonchev–Trinajstić information content (AvgIpc) is 2.96. The third-order valence-electron chi connectivity index (χ3n) is 3.23. The van der Waals surface area contributed by atoms with Gasteiger partial charge in [0.05, 0.1) is 24.1 Å². The number of anilines is 3. The van der Waals surface area contributed by atoms with Gasteiger partial charge in [0.1, 0.15) is 5.52 Å². The van der Waals surface area contributed by atoms with Crippen molar-refractivity contribution in [1.82, 2.24) is 15.0 Å². The van der Waals surface area contributed by atoms with Crippen molar-refractivity contribution >= 4 is 40.5 Å². The molecule has 25 heavy (non-hydrogen) atoms. The van der Waals surface area contributed by atoms with Crippen LogP contribution in [0.15, 0.2) is 36.5 Å². The molecule has 0 fully saturated rings. The zero-order valence-electron chi connectivity index (χ0n) is 13.2. The summed E-state index contributed by atoms with van der Waals surface area (Å²) in [5.41, 5.74) is 2.45. The quantitative estimate of drug-likeness (QED) is 0.561. The molecule has 3 rings (SSSR count). The molecule has 0 atom stereocenters. The van der Waals surface area contributed by atoms with E-state index in [1.807, 2.05) is 0 Å². The van der Waals surface area contributed by atoms with Gasteiger partial charge in [-0.15, -0.1) is 0 Å². The summed E-state index contributed by atoms with van der Waals surface area (Å²) >= 11 is 0. The second-order valence-corrected chi connectivity index (χ2v) is 5.03. The van der Waals surface area contributed by atoms with Crippen molar-refractivity contribution in [2.75, 3.05) is 17.2 Å². The first-order valence-corrected chi connectivity index (χ1v) is 7.45. The van der Waals surface area contributed by atoms with Gasteiger partial charge < -0.3 is 20.1 Å². The lowest BCUT2D eigenvalue weighted by molar-refractivity contribution is 0.0697. The number of nitrogens with one attached hydrogen (secondary N) is 3. The maximum Gasteiger partial charge on any atom is 0.413 e. The molecule has 0 saturated heterocycles. The van der Waals surface area contributed by atoms with Gasteiger partial charge in [-0.3, -0.25) is 5.32 Å². The number of aromatic carboxylic acids is 1. The second-order valence-electron chi connectivity index (χ2n) is 5.03. The number of carbonyl (C=O) groups excluding carboxylic acids is 1. The van der Waals surface area contributed by atoms with Gasteiger partial charge >= 0.3 is 12.1 Å². The number of carbonyl (C=O) groups is 2. The summed E-state index contributed by atoms with van der Waals surface area (Å²) in [5.74, 6) is -0.773. The van der Waals surface area contributed by atoms with Crippen LogP contribution in [-0.4, -0.2) is 38.7 Å². The number of aromatic nitrogens is 3. The lowest BCUT2D eigenvalue weighted by atomic mass is 10.2. The molecule has 0 aliphatic rings. The molecule has 9 heteroatoms. The van der Waals surface area contributed by atoms with Crippen LogP contribution in [0.3, 0.4) is 0 Å². The van der Waals surface area contributed by atoms with Crippen molar-refractivity contribution in [1.29, 1.82) is 0 Å². The number of fused-ring (bicyclic) bond motifs is 1. The molecule has 2 heterocycles. The minimum atomic E-state index is -1.00. The molecule has 0 saturated carbocycles. The molecule has 0 spiro atoms. The number of carboxylic acid groups (broad SMARTS) is 1. The summed E-state index contributed by atoms with van der Waals surface area (Å²) in [4.78, 5) is 33.7. The summed E-state index contributed by atoms with van der Waals surface area (Å²) in [6.07, 6.45) is 0.965. The molecule has 1 amide bonds. The third kappa shape index (κ3) is 3.83. The summed E-state index contributed by atoms with van der Waals surface area (Å²) in [7, 11) is 0. The molecule has 0 radical (unpaired) electrons. The van der Waals surface area contributed by atoms with E-state index < -0.39 is 12.1 Å². The van der Waals surface area contributed by atoms with Gasteiger partial charge in [-0.2, -0.15) is 0 Å². The molecule has 3 aromatic rings. The average molecular weight is 341 g/mol. The number of aromatic amines is 1. The number of benzene rings is 1. The van der Waals surface area contributed by atoms with Crippen molar-refractivity contribution in [3.63, 3.8) is 0 Å². The Hall–Kier alpha value is -3.62. The zero-order chi connectivity index (χ0) is 17.8. The number of hydrogen-bond acceptors (Lipinski definition) is 6. The van der Waals surface area contributed by atoms with E-state index in [-0.39, 0.29) is 18.1 Å². The van der Waals surface area contributed by atoms with Gasteiger partial charge in [0.2, 0.25) is 5.95 Å². The van der Waals surface area contributed by atoms with E-state index in [9.17, 15) is 9.59 Å². The Morgan fingerprint density at radius 1 is 1.28 bits per heavy atom. The second kappa shape index (κ2) is 6.87. The number of amides is 1. The Bertz CT molecular complexity index is 937. The maximum absolute atomic E-state index is 11.4. The van der Waals surface area contributed by atoms with Crippen LogP contribution in [0.1, 0.15) is 17.3 Å². The van der Waals surface area contributed by atoms with Crippen molar-refractivity contribution in [3.05, 3.63) is 42.1 Å². The molecule has 2 aromatic heterocycles. The largest absolute Gasteiger partial charge is 0.478 e.